The van der Waals surface area contributed by atoms with Gasteiger partial charge in [0.05, 0.1) is 6.61 Å². The molecule has 5 heteroatoms. The molecule has 0 saturated heterocycles. The summed E-state index contributed by atoms with van der Waals surface area (Å²) in [7, 11) is 0. The molecule has 4 nitrogen and oxygen atoms in total. The Morgan fingerprint density at radius 2 is 1.84 bits per heavy atom. The van der Waals surface area contributed by atoms with E-state index in [0.717, 1.165) is 29.3 Å². The highest BCUT2D eigenvalue weighted by Crippen LogP contribution is 2.30. The number of carbonyl (C=O) groups excluding carboxylic acids is 1. The summed E-state index contributed by atoms with van der Waals surface area (Å²) in [6.07, 6.45) is 3.11. The van der Waals surface area contributed by atoms with E-state index in [-0.39, 0.29) is 11.5 Å². The minimum Gasteiger partial charge on any atom is -0.461 e. The van der Waals surface area contributed by atoms with E-state index in [1.165, 1.54) is 11.3 Å². The van der Waals surface area contributed by atoms with E-state index in [1.54, 1.807) is 6.92 Å². The number of hydrogen-bond acceptors (Lipinski definition) is 5. The van der Waals surface area contributed by atoms with Crippen LogP contribution in [0.15, 0.2) is 0 Å². The van der Waals surface area contributed by atoms with Crippen molar-refractivity contribution in [1.82, 2.24) is 4.98 Å². The van der Waals surface area contributed by atoms with Crippen LogP contribution in [0.2, 0.25) is 0 Å². The van der Waals surface area contributed by atoms with Crippen molar-refractivity contribution >= 4 is 22.4 Å². The summed E-state index contributed by atoms with van der Waals surface area (Å²) in [6.45, 7) is 10.6. The fourth-order valence-corrected chi connectivity index (χ4v) is 3.00. The van der Waals surface area contributed by atoms with Crippen molar-refractivity contribution in [3.8, 4) is 0 Å². The number of esters is 1. The summed E-state index contributed by atoms with van der Waals surface area (Å²) < 4.78 is 5.01. The van der Waals surface area contributed by atoms with Crippen molar-refractivity contribution in [2.24, 2.45) is 0 Å². The summed E-state index contributed by atoms with van der Waals surface area (Å²) in [4.78, 5) is 17.0. The van der Waals surface area contributed by atoms with Gasteiger partial charge in [-0.05, 0) is 33.1 Å². The van der Waals surface area contributed by atoms with Gasteiger partial charge in [0.15, 0.2) is 10.8 Å². The number of carbonyl (C=O) groups is 1. The number of aromatic nitrogens is 1. The highest BCUT2D eigenvalue weighted by Gasteiger charge is 2.26. The van der Waals surface area contributed by atoms with Gasteiger partial charge >= 0.3 is 5.97 Å². The van der Waals surface area contributed by atoms with Gasteiger partial charge < -0.3 is 10.1 Å². The molecule has 0 fully saturated rings. The van der Waals surface area contributed by atoms with Gasteiger partial charge in [-0.2, -0.15) is 0 Å². The van der Waals surface area contributed by atoms with Crippen LogP contribution in [0, 0.1) is 6.92 Å². The Morgan fingerprint density at radius 3 is 2.32 bits per heavy atom. The first kappa shape index (κ1) is 16.0. The number of ether oxygens (including phenoxy) is 1. The quantitative estimate of drug-likeness (QED) is 0.769. The van der Waals surface area contributed by atoms with Crippen LogP contribution in [-0.4, -0.2) is 23.1 Å². The third kappa shape index (κ3) is 3.69. The van der Waals surface area contributed by atoms with E-state index in [9.17, 15) is 4.79 Å². The van der Waals surface area contributed by atoms with Gasteiger partial charge in [-0.3, -0.25) is 0 Å². The lowest BCUT2D eigenvalue weighted by Crippen LogP contribution is -2.36. The van der Waals surface area contributed by atoms with E-state index in [1.807, 2.05) is 6.92 Å². The Kier molecular flexibility index (Phi) is 5.79. The molecule has 108 valence electrons. The molecule has 0 bridgehead atoms. The van der Waals surface area contributed by atoms with Crippen molar-refractivity contribution in [2.75, 3.05) is 11.9 Å². The monoisotopic (exact) mass is 284 g/mol. The fourth-order valence-electron chi connectivity index (χ4n) is 2.08. The summed E-state index contributed by atoms with van der Waals surface area (Å²) in [5.41, 5.74) is 0.502. The van der Waals surface area contributed by atoms with E-state index in [4.69, 9.17) is 4.74 Å². The van der Waals surface area contributed by atoms with Crippen LogP contribution in [0.25, 0.3) is 0 Å². The van der Waals surface area contributed by atoms with Gasteiger partial charge in [0.2, 0.25) is 0 Å². The van der Waals surface area contributed by atoms with Crippen molar-refractivity contribution in [1.29, 1.82) is 0 Å². The SMILES string of the molecule is CCOC(=O)c1nc(NC(CC)(CC)CC)sc1C. The molecule has 0 aromatic carbocycles. The average Bonchev–Trinajstić information content (AvgIpc) is 2.77. The second-order valence-electron chi connectivity index (χ2n) is 4.61. The maximum absolute atomic E-state index is 11.7. The zero-order valence-electron chi connectivity index (χ0n) is 12.5. The van der Waals surface area contributed by atoms with Crippen molar-refractivity contribution < 1.29 is 9.53 Å². The highest BCUT2D eigenvalue weighted by molar-refractivity contribution is 7.15. The molecule has 0 aliphatic rings. The lowest BCUT2D eigenvalue weighted by Gasteiger charge is -2.31. The van der Waals surface area contributed by atoms with Gasteiger partial charge in [0.25, 0.3) is 0 Å². The van der Waals surface area contributed by atoms with Gasteiger partial charge in [-0.25, -0.2) is 9.78 Å². The Balaban J connectivity index is 2.92. The number of hydrogen-bond donors (Lipinski definition) is 1. The summed E-state index contributed by atoms with van der Waals surface area (Å²) in [6, 6.07) is 0. The van der Waals surface area contributed by atoms with E-state index in [2.05, 4.69) is 31.1 Å². The fraction of sp³-hybridized carbons (Fsp3) is 0.714. The molecule has 1 heterocycles. The smallest absolute Gasteiger partial charge is 0.358 e. The summed E-state index contributed by atoms with van der Waals surface area (Å²) in [5, 5.41) is 4.31. The lowest BCUT2D eigenvalue weighted by molar-refractivity contribution is 0.0519. The molecule has 0 amide bonds. The van der Waals surface area contributed by atoms with Crippen LogP contribution >= 0.6 is 11.3 Å². The molecule has 0 aliphatic heterocycles. The molecule has 0 saturated carbocycles. The summed E-state index contributed by atoms with van der Waals surface area (Å²) in [5.74, 6) is -0.334. The maximum Gasteiger partial charge on any atom is 0.358 e. The molecular formula is C14H24N2O2S. The van der Waals surface area contributed by atoms with Crippen LogP contribution in [-0.2, 0) is 4.74 Å². The van der Waals surface area contributed by atoms with Gasteiger partial charge in [-0.1, -0.05) is 20.8 Å². The molecule has 1 aromatic heterocycles. The third-order valence-corrected chi connectivity index (χ3v) is 4.55. The minimum atomic E-state index is -0.334. The van der Waals surface area contributed by atoms with Crippen LogP contribution < -0.4 is 5.32 Å². The number of rotatable bonds is 7. The van der Waals surface area contributed by atoms with Crippen LogP contribution in [0.3, 0.4) is 0 Å². The minimum absolute atomic E-state index is 0.0657. The zero-order valence-corrected chi connectivity index (χ0v) is 13.3. The Morgan fingerprint density at radius 1 is 1.26 bits per heavy atom. The van der Waals surface area contributed by atoms with E-state index >= 15 is 0 Å². The second-order valence-corrected chi connectivity index (χ2v) is 5.81. The zero-order chi connectivity index (χ0) is 14.5. The van der Waals surface area contributed by atoms with E-state index in [0.29, 0.717) is 12.3 Å². The predicted octanol–water partition coefficient (Wildman–Crippen LogP) is 4.01. The Hall–Kier alpha value is -1.10. The molecule has 1 aromatic rings. The molecule has 0 radical (unpaired) electrons. The third-order valence-electron chi connectivity index (χ3n) is 3.67. The number of nitrogens with one attached hydrogen (secondary N) is 1. The second kappa shape index (κ2) is 6.89. The molecule has 1 N–H and O–H groups in total. The molecule has 19 heavy (non-hydrogen) atoms. The largest absolute Gasteiger partial charge is 0.461 e. The van der Waals surface area contributed by atoms with Crippen molar-refractivity contribution in [2.45, 2.75) is 59.4 Å². The normalized spacial score (nSPS) is 11.4. The predicted molar refractivity (Wildman–Crippen MR) is 80.0 cm³/mol. The molecule has 0 aliphatic carbocycles. The number of aryl methyl sites for hydroxylation is 1. The van der Waals surface area contributed by atoms with Gasteiger partial charge in [0, 0.05) is 10.4 Å². The first-order valence-electron chi connectivity index (χ1n) is 6.94. The highest BCUT2D eigenvalue weighted by atomic mass is 32.1. The topological polar surface area (TPSA) is 51.2 Å². The van der Waals surface area contributed by atoms with E-state index < -0.39 is 0 Å². The molecular weight excluding hydrogens is 260 g/mol. The van der Waals surface area contributed by atoms with Gasteiger partial charge in [0.1, 0.15) is 0 Å². The molecule has 0 atom stereocenters. The molecule has 1 rings (SSSR count). The van der Waals surface area contributed by atoms with Gasteiger partial charge in [-0.15, -0.1) is 11.3 Å². The van der Waals surface area contributed by atoms with Crippen LogP contribution in [0.5, 0.6) is 0 Å². The van der Waals surface area contributed by atoms with Crippen molar-refractivity contribution in [3.63, 3.8) is 0 Å². The summed E-state index contributed by atoms with van der Waals surface area (Å²) >= 11 is 1.52. The Labute approximate surface area is 119 Å². The first-order valence-corrected chi connectivity index (χ1v) is 7.76. The first-order chi connectivity index (χ1) is 9.01. The maximum atomic E-state index is 11.7. The Bertz CT molecular complexity index is 417. The van der Waals surface area contributed by atoms with Crippen LogP contribution in [0.4, 0.5) is 5.13 Å². The molecule has 0 unspecified atom stereocenters. The number of nitrogens with zero attached hydrogens (tertiary/aromatic N) is 1. The number of anilines is 1. The standard InChI is InChI=1S/C14H24N2O2S/c1-6-14(7-2,8-3)16-13-15-11(10(5)19-13)12(17)18-9-4/h6-9H2,1-5H3,(H,15,16). The van der Waals surface area contributed by atoms with Crippen LogP contribution in [0.1, 0.15) is 62.3 Å². The van der Waals surface area contributed by atoms with Crippen molar-refractivity contribution in [3.05, 3.63) is 10.6 Å². The average molecular weight is 284 g/mol. The number of thiazole rings is 1. The molecule has 0 spiro atoms. The lowest BCUT2D eigenvalue weighted by atomic mass is 9.90.